The number of aliphatic carboxylic acids is 2. The Kier molecular flexibility index (Phi) is 7.86. The maximum absolute atomic E-state index is 10.4. The highest BCUT2D eigenvalue weighted by atomic mass is 17.1. The first kappa shape index (κ1) is 19.9. The zero-order valence-corrected chi connectivity index (χ0v) is 11.6. The van der Waals surface area contributed by atoms with Crippen LogP contribution in [0.3, 0.4) is 0 Å². The molecule has 0 aliphatic heterocycles. The molecule has 1 aromatic heterocycles. The fourth-order valence-corrected chi connectivity index (χ4v) is 1.24. The summed E-state index contributed by atoms with van der Waals surface area (Å²) in [5.41, 5.74) is 2.60. The average Bonchev–Trinajstić information content (AvgIpc) is 2.47. The largest absolute Gasteiger partial charge is 0.481 e. The van der Waals surface area contributed by atoms with Gasteiger partial charge in [-0.05, 0) is 12.1 Å². The van der Waals surface area contributed by atoms with Gasteiger partial charge >= 0.3 is 17.9 Å². The lowest BCUT2D eigenvalue weighted by molar-refractivity contribution is -0.238. The summed E-state index contributed by atoms with van der Waals surface area (Å²) in [5, 5.41) is 33.6. The molecule has 23 heavy (non-hydrogen) atoms. The predicted molar refractivity (Wildman–Crippen MR) is 70.9 cm³/mol. The topological polar surface area (TPSA) is 197 Å². The Balaban J connectivity index is 0.000000459. The highest BCUT2D eigenvalue weighted by Gasteiger charge is 2.41. The van der Waals surface area contributed by atoms with Gasteiger partial charge < -0.3 is 25.9 Å². The first-order chi connectivity index (χ1) is 10.6. The van der Waals surface area contributed by atoms with Gasteiger partial charge in [0.2, 0.25) is 5.91 Å². The Labute approximate surface area is 128 Å². The van der Waals surface area contributed by atoms with E-state index in [1.165, 1.54) is 6.20 Å². The maximum atomic E-state index is 10.4. The second kappa shape index (κ2) is 9.07. The molecule has 0 saturated heterocycles. The summed E-state index contributed by atoms with van der Waals surface area (Å²) in [7, 11) is 0. The lowest BCUT2D eigenvalue weighted by Gasteiger charge is -2.18. The van der Waals surface area contributed by atoms with Gasteiger partial charge in [0.1, 0.15) is 0 Å². The van der Waals surface area contributed by atoms with Crippen LogP contribution in [0, 0.1) is 0 Å². The number of rotatable bonds is 6. The SMILES string of the molecule is NC(=O)c1cccnc1.O=C(O)CC(O)(CC(=O)OO)C(=O)O. The third-order valence-electron chi connectivity index (χ3n) is 2.33. The van der Waals surface area contributed by atoms with E-state index in [4.69, 9.17) is 26.3 Å². The van der Waals surface area contributed by atoms with Crippen LogP contribution >= 0.6 is 0 Å². The van der Waals surface area contributed by atoms with Crippen LogP contribution in [0.5, 0.6) is 0 Å². The van der Waals surface area contributed by atoms with Crippen molar-refractivity contribution in [3.8, 4) is 0 Å². The number of pyridine rings is 1. The molecule has 1 amide bonds. The quantitative estimate of drug-likeness (QED) is 0.314. The fourth-order valence-electron chi connectivity index (χ4n) is 1.24. The summed E-state index contributed by atoms with van der Waals surface area (Å²) < 4.78 is 0. The van der Waals surface area contributed by atoms with Gasteiger partial charge in [-0.2, -0.15) is 5.26 Å². The first-order valence-electron chi connectivity index (χ1n) is 5.84. The second-order valence-corrected chi connectivity index (χ2v) is 4.15. The Morgan fingerprint density at radius 2 is 1.83 bits per heavy atom. The molecule has 0 aliphatic rings. The third-order valence-corrected chi connectivity index (χ3v) is 2.33. The zero-order valence-electron chi connectivity index (χ0n) is 11.6. The molecule has 0 radical (unpaired) electrons. The maximum Gasteiger partial charge on any atom is 0.345 e. The summed E-state index contributed by atoms with van der Waals surface area (Å²) in [6.07, 6.45) is 0.706. The third kappa shape index (κ3) is 7.50. The second-order valence-electron chi connectivity index (χ2n) is 4.15. The zero-order chi connectivity index (χ0) is 18.0. The summed E-state index contributed by atoms with van der Waals surface area (Å²) in [5.74, 6) is -5.36. The molecule has 1 atom stereocenters. The van der Waals surface area contributed by atoms with Gasteiger partial charge in [0, 0.05) is 12.4 Å². The summed E-state index contributed by atoms with van der Waals surface area (Å²) in [4.78, 5) is 48.2. The van der Waals surface area contributed by atoms with Gasteiger partial charge in [0.25, 0.3) is 0 Å². The molecule has 0 fully saturated rings. The molecule has 11 nitrogen and oxygen atoms in total. The number of carboxylic acids is 2. The standard InChI is InChI=1S/C6H6N2O.C6H8O8/c7-6(9)5-2-1-3-8-4-5;7-3(8)1-6(12,5(10)11)2-4(9)14-13/h1-4H,(H2,7,9);12-13H,1-2H2,(H,7,8)(H,10,11). The number of primary amides is 1. The predicted octanol–water partition coefficient (Wildman–Crippen LogP) is -1.14. The normalized spacial score (nSPS) is 12.1. The molecule has 1 aromatic rings. The Hall–Kier alpha value is -3.05. The molecule has 126 valence electrons. The van der Waals surface area contributed by atoms with Crippen LogP contribution in [0.1, 0.15) is 23.2 Å². The van der Waals surface area contributed by atoms with Gasteiger partial charge in [-0.1, -0.05) is 0 Å². The number of hydrogen-bond donors (Lipinski definition) is 5. The van der Waals surface area contributed by atoms with Gasteiger partial charge in [0.05, 0.1) is 18.4 Å². The van der Waals surface area contributed by atoms with Crippen LogP contribution in [-0.4, -0.2) is 55.0 Å². The molecule has 11 heteroatoms. The number of carboxylic acid groups (broad SMARTS) is 2. The minimum absolute atomic E-state index is 0.442. The van der Waals surface area contributed by atoms with Crippen LogP contribution in [0.4, 0.5) is 0 Å². The van der Waals surface area contributed by atoms with Crippen molar-refractivity contribution in [2.24, 2.45) is 5.73 Å². The van der Waals surface area contributed by atoms with Crippen LogP contribution < -0.4 is 5.73 Å². The monoisotopic (exact) mass is 330 g/mol. The summed E-state index contributed by atoms with van der Waals surface area (Å²) in [6, 6.07) is 3.29. The minimum Gasteiger partial charge on any atom is -0.481 e. The van der Waals surface area contributed by atoms with Gasteiger partial charge in [-0.15, -0.1) is 0 Å². The van der Waals surface area contributed by atoms with Gasteiger partial charge in [-0.25, -0.2) is 9.59 Å². The Bertz CT molecular complexity index is 575. The molecule has 1 unspecified atom stereocenters. The number of carbonyl (C=O) groups excluding carboxylic acids is 2. The first-order valence-corrected chi connectivity index (χ1v) is 5.84. The van der Waals surface area contributed by atoms with E-state index in [0.29, 0.717) is 5.56 Å². The number of carbonyl (C=O) groups is 4. The molecule has 1 rings (SSSR count). The van der Waals surface area contributed by atoms with Crippen LogP contribution in [0.15, 0.2) is 24.5 Å². The van der Waals surface area contributed by atoms with E-state index in [1.54, 1.807) is 18.3 Å². The number of nitrogens with two attached hydrogens (primary N) is 1. The molecule has 0 aliphatic carbocycles. The molecular weight excluding hydrogens is 316 g/mol. The number of hydrogen-bond acceptors (Lipinski definition) is 8. The minimum atomic E-state index is -2.77. The molecule has 0 spiro atoms. The summed E-state index contributed by atoms with van der Waals surface area (Å²) >= 11 is 0. The molecule has 0 saturated carbocycles. The molecular formula is C12H14N2O9. The van der Waals surface area contributed by atoms with Crippen molar-refractivity contribution in [2.75, 3.05) is 0 Å². The van der Waals surface area contributed by atoms with E-state index in [9.17, 15) is 19.2 Å². The number of amides is 1. The number of nitrogens with zero attached hydrogens (tertiary/aromatic N) is 1. The highest BCUT2D eigenvalue weighted by Crippen LogP contribution is 2.16. The van der Waals surface area contributed by atoms with Crippen molar-refractivity contribution in [2.45, 2.75) is 18.4 Å². The van der Waals surface area contributed by atoms with E-state index in [0.717, 1.165) is 0 Å². The van der Waals surface area contributed by atoms with Crippen LogP contribution in [0.2, 0.25) is 0 Å². The molecule has 0 bridgehead atoms. The summed E-state index contributed by atoms with van der Waals surface area (Å²) in [6.45, 7) is 0. The van der Waals surface area contributed by atoms with Crippen LogP contribution in [-0.2, 0) is 19.3 Å². The van der Waals surface area contributed by atoms with Gasteiger partial charge in [-0.3, -0.25) is 14.6 Å². The van der Waals surface area contributed by atoms with Crippen molar-refractivity contribution >= 4 is 23.8 Å². The Morgan fingerprint density at radius 1 is 1.22 bits per heavy atom. The lowest BCUT2D eigenvalue weighted by Crippen LogP contribution is -2.43. The fraction of sp³-hybridized carbons (Fsp3) is 0.250. The lowest BCUT2D eigenvalue weighted by atomic mass is 9.96. The van der Waals surface area contributed by atoms with E-state index in [1.807, 2.05) is 0 Å². The average molecular weight is 330 g/mol. The smallest absolute Gasteiger partial charge is 0.345 e. The van der Waals surface area contributed by atoms with Crippen LogP contribution in [0.25, 0.3) is 0 Å². The molecule has 0 aromatic carbocycles. The molecule has 1 heterocycles. The van der Waals surface area contributed by atoms with Crippen molar-refractivity contribution < 1.29 is 44.6 Å². The highest BCUT2D eigenvalue weighted by molar-refractivity contribution is 5.92. The van der Waals surface area contributed by atoms with Crippen molar-refractivity contribution in [1.82, 2.24) is 4.98 Å². The van der Waals surface area contributed by atoms with Gasteiger partial charge in [0.15, 0.2) is 5.60 Å². The van der Waals surface area contributed by atoms with E-state index in [2.05, 4.69) is 9.87 Å². The van der Waals surface area contributed by atoms with Crippen molar-refractivity contribution in [3.63, 3.8) is 0 Å². The van der Waals surface area contributed by atoms with Crippen molar-refractivity contribution in [3.05, 3.63) is 30.1 Å². The van der Waals surface area contributed by atoms with E-state index < -0.39 is 42.3 Å². The van der Waals surface area contributed by atoms with E-state index in [-0.39, 0.29) is 0 Å². The molecule has 6 N–H and O–H groups in total. The van der Waals surface area contributed by atoms with Crippen molar-refractivity contribution in [1.29, 1.82) is 0 Å². The number of aliphatic hydroxyl groups is 1. The Morgan fingerprint density at radius 3 is 2.13 bits per heavy atom. The van der Waals surface area contributed by atoms with E-state index >= 15 is 0 Å². The number of aromatic nitrogens is 1.